The number of nitrogens with zero attached hydrogens (tertiary/aromatic N) is 1. The van der Waals surface area contributed by atoms with E-state index in [9.17, 15) is 0 Å². The number of ether oxygens (including phenoxy) is 1. The second-order valence-electron chi connectivity index (χ2n) is 4.80. The number of hydrogen-bond donors (Lipinski definition) is 1. The van der Waals surface area contributed by atoms with Crippen molar-refractivity contribution in [2.45, 2.75) is 25.8 Å². The number of nitrogens with one attached hydrogen (secondary N) is 1. The molecule has 1 heterocycles. The fourth-order valence-corrected chi connectivity index (χ4v) is 2.55. The SMILES string of the molecule is CCN[C@H]1CCOC[C@@H]1Cc1ccc(C#N)cc1. The van der Waals surface area contributed by atoms with E-state index in [4.69, 9.17) is 10.00 Å². The van der Waals surface area contributed by atoms with Crippen molar-refractivity contribution in [3.05, 3.63) is 35.4 Å². The molecule has 0 unspecified atom stereocenters. The summed E-state index contributed by atoms with van der Waals surface area (Å²) in [5.74, 6) is 0.534. The molecule has 18 heavy (non-hydrogen) atoms. The van der Waals surface area contributed by atoms with Crippen LogP contribution >= 0.6 is 0 Å². The molecule has 1 saturated heterocycles. The van der Waals surface area contributed by atoms with Crippen LogP contribution in [0.1, 0.15) is 24.5 Å². The first-order valence-electron chi connectivity index (χ1n) is 6.63. The van der Waals surface area contributed by atoms with Crippen molar-refractivity contribution in [3.63, 3.8) is 0 Å². The van der Waals surface area contributed by atoms with E-state index >= 15 is 0 Å². The van der Waals surface area contributed by atoms with Gasteiger partial charge in [-0.05, 0) is 37.1 Å². The molecule has 2 atom stereocenters. The molecule has 0 bridgehead atoms. The van der Waals surface area contributed by atoms with Crippen LogP contribution in [0.15, 0.2) is 24.3 Å². The van der Waals surface area contributed by atoms with Gasteiger partial charge in [-0.2, -0.15) is 5.26 Å². The molecule has 1 aliphatic rings. The molecule has 3 heteroatoms. The van der Waals surface area contributed by atoms with Crippen molar-refractivity contribution < 1.29 is 4.74 Å². The zero-order chi connectivity index (χ0) is 12.8. The first-order valence-corrected chi connectivity index (χ1v) is 6.63. The lowest BCUT2D eigenvalue weighted by Crippen LogP contribution is -2.43. The molecule has 1 fully saturated rings. The minimum atomic E-state index is 0.534. The van der Waals surface area contributed by atoms with E-state index in [-0.39, 0.29) is 0 Å². The Labute approximate surface area is 109 Å². The topological polar surface area (TPSA) is 45.0 Å². The fraction of sp³-hybridized carbons (Fsp3) is 0.533. The lowest BCUT2D eigenvalue weighted by Gasteiger charge is -2.32. The largest absolute Gasteiger partial charge is 0.381 e. The molecule has 2 rings (SSSR count). The number of hydrogen-bond acceptors (Lipinski definition) is 3. The van der Waals surface area contributed by atoms with Crippen molar-refractivity contribution in [1.29, 1.82) is 5.26 Å². The van der Waals surface area contributed by atoms with Gasteiger partial charge >= 0.3 is 0 Å². The molecular formula is C15H20N2O. The quantitative estimate of drug-likeness (QED) is 0.882. The molecule has 0 saturated carbocycles. The van der Waals surface area contributed by atoms with Crippen LogP contribution in [0.25, 0.3) is 0 Å². The van der Waals surface area contributed by atoms with E-state index in [1.54, 1.807) is 0 Å². The smallest absolute Gasteiger partial charge is 0.0991 e. The van der Waals surface area contributed by atoms with Crippen LogP contribution in [0.2, 0.25) is 0 Å². The second kappa shape index (κ2) is 6.53. The predicted octanol–water partition coefficient (Wildman–Crippen LogP) is 2.12. The molecule has 1 aliphatic heterocycles. The zero-order valence-electron chi connectivity index (χ0n) is 10.9. The third-order valence-electron chi connectivity index (χ3n) is 3.52. The summed E-state index contributed by atoms with van der Waals surface area (Å²) in [4.78, 5) is 0. The summed E-state index contributed by atoms with van der Waals surface area (Å²) in [6, 6.07) is 10.6. The number of benzene rings is 1. The Bertz CT molecular complexity index is 405. The number of nitriles is 1. The summed E-state index contributed by atoms with van der Waals surface area (Å²) in [5.41, 5.74) is 2.01. The Kier molecular flexibility index (Phi) is 4.74. The van der Waals surface area contributed by atoms with Crippen molar-refractivity contribution in [2.24, 2.45) is 5.92 Å². The highest BCUT2D eigenvalue weighted by molar-refractivity contribution is 5.31. The van der Waals surface area contributed by atoms with Gasteiger partial charge < -0.3 is 10.1 Å². The molecule has 0 aliphatic carbocycles. The van der Waals surface area contributed by atoms with E-state index in [0.29, 0.717) is 12.0 Å². The number of rotatable bonds is 4. The minimum Gasteiger partial charge on any atom is -0.381 e. The van der Waals surface area contributed by atoms with E-state index in [1.807, 2.05) is 12.1 Å². The summed E-state index contributed by atoms with van der Waals surface area (Å²) >= 11 is 0. The summed E-state index contributed by atoms with van der Waals surface area (Å²) in [5, 5.41) is 12.3. The highest BCUT2D eigenvalue weighted by atomic mass is 16.5. The van der Waals surface area contributed by atoms with Crippen molar-refractivity contribution in [3.8, 4) is 6.07 Å². The molecule has 1 N–H and O–H groups in total. The maximum atomic E-state index is 8.78. The van der Waals surface area contributed by atoms with Gasteiger partial charge in [0, 0.05) is 18.6 Å². The maximum Gasteiger partial charge on any atom is 0.0991 e. The lowest BCUT2D eigenvalue weighted by atomic mass is 9.89. The van der Waals surface area contributed by atoms with Gasteiger partial charge in [-0.3, -0.25) is 0 Å². The van der Waals surface area contributed by atoms with Gasteiger partial charge in [-0.15, -0.1) is 0 Å². The van der Waals surface area contributed by atoms with Crippen LogP contribution in [0.3, 0.4) is 0 Å². The van der Waals surface area contributed by atoms with E-state index in [0.717, 1.165) is 38.2 Å². The molecule has 3 nitrogen and oxygen atoms in total. The van der Waals surface area contributed by atoms with Crippen LogP contribution in [0.4, 0.5) is 0 Å². The Morgan fingerprint density at radius 1 is 1.39 bits per heavy atom. The average molecular weight is 244 g/mol. The first kappa shape index (κ1) is 13.1. The van der Waals surface area contributed by atoms with Crippen LogP contribution < -0.4 is 5.32 Å². The van der Waals surface area contributed by atoms with Crippen molar-refractivity contribution in [1.82, 2.24) is 5.32 Å². The van der Waals surface area contributed by atoms with Crippen LogP contribution in [-0.2, 0) is 11.2 Å². The molecular weight excluding hydrogens is 224 g/mol. The Morgan fingerprint density at radius 3 is 2.83 bits per heavy atom. The second-order valence-corrected chi connectivity index (χ2v) is 4.80. The van der Waals surface area contributed by atoms with Crippen LogP contribution in [0, 0.1) is 17.2 Å². The average Bonchev–Trinajstić information content (AvgIpc) is 2.42. The molecule has 0 aromatic heterocycles. The van der Waals surface area contributed by atoms with E-state index in [2.05, 4.69) is 30.4 Å². The van der Waals surface area contributed by atoms with Crippen LogP contribution in [0.5, 0.6) is 0 Å². The summed E-state index contributed by atoms with van der Waals surface area (Å²) in [7, 11) is 0. The Hall–Kier alpha value is -1.37. The zero-order valence-corrected chi connectivity index (χ0v) is 10.9. The van der Waals surface area contributed by atoms with Gasteiger partial charge in [0.15, 0.2) is 0 Å². The maximum absolute atomic E-state index is 8.78. The molecule has 1 aromatic carbocycles. The van der Waals surface area contributed by atoms with Gasteiger partial charge in [0.25, 0.3) is 0 Å². The molecule has 0 spiro atoms. The van der Waals surface area contributed by atoms with Gasteiger partial charge in [-0.1, -0.05) is 19.1 Å². The summed E-state index contributed by atoms with van der Waals surface area (Å²) < 4.78 is 5.58. The van der Waals surface area contributed by atoms with E-state index in [1.165, 1.54) is 5.56 Å². The highest BCUT2D eigenvalue weighted by Crippen LogP contribution is 2.20. The minimum absolute atomic E-state index is 0.534. The molecule has 1 aromatic rings. The Morgan fingerprint density at radius 2 is 2.17 bits per heavy atom. The van der Waals surface area contributed by atoms with Gasteiger partial charge in [0.2, 0.25) is 0 Å². The third-order valence-corrected chi connectivity index (χ3v) is 3.52. The Balaban J connectivity index is 1.99. The van der Waals surface area contributed by atoms with Crippen LogP contribution in [-0.4, -0.2) is 25.8 Å². The predicted molar refractivity (Wildman–Crippen MR) is 71.3 cm³/mol. The summed E-state index contributed by atoms with van der Waals surface area (Å²) in [6.07, 6.45) is 2.11. The monoisotopic (exact) mass is 244 g/mol. The molecule has 96 valence electrons. The van der Waals surface area contributed by atoms with E-state index < -0.39 is 0 Å². The van der Waals surface area contributed by atoms with Gasteiger partial charge in [0.1, 0.15) is 0 Å². The summed E-state index contributed by atoms with van der Waals surface area (Å²) in [6.45, 7) is 4.85. The van der Waals surface area contributed by atoms with Gasteiger partial charge in [0.05, 0.1) is 18.2 Å². The van der Waals surface area contributed by atoms with Crippen molar-refractivity contribution in [2.75, 3.05) is 19.8 Å². The molecule has 0 radical (unpaired) electrons. The molecule has 0 amide bonds. The fourth-order valence-electron chi connectivity index (χ4n) is 2.55. The first-order chi connectivity index (χ1) is 8.83. The third kappa shape index (κ3) is 3.32. The highest BCUT2D eigenvalue weighted by Gasteiger charge is 2.24. The standard InChI is InChI=1S/C15H20N2O/c1-2-17-15-7-8-18-11-14(15)9-12-3-5-13(10-16)6-4-12/h3-6,14-15,17H,2,7-9,11H2,1H3/t14-,15-/m0/s1. The van der Waals surface area contributed by atoms with Crippen molar-refractivity contribution >= 4 is 0 Å². The normalized spacial score (nSPS) is 23.6. The van der Waals surface area contributed by atoms with Gasteiger partial charge in [-0.25, -0.2) is 0 Å². The lowest BCUT2D eigenvalue weighted by molar-refractivity contribution is 0.0327.